The molecule has 5 aromatic rings. The number of urea groups is 1. The van der Waals surface area contributed by atoms with Crippen molar-refractivity contribution >= 4 is 45.2 Å². The van der Waals surface area contributed by atoms with Gasteiger partial charge in [-0.05, 0) is 66.7 Å². The van der Waals surface area contributed by atoms with E-state index in [1.54, 1.807) is 4.90 Å². The Morgan fingerprint density at radius 1 is 0.980 bits per heavy atom. The summed E-state index contributed by atoms with van der Waals surface area (Å²) in [4.78, 5) is 47.6. The first-order chi connectivity index (χ1) is 23.8. The number of amides is 2. The number of aliphatic hydroxyl groups excluding tert-OH is 1. The minimum absolute atomic E-state index is 0.147. The Kier molecular flexibility index (Phi) is 9.64. The van der Waals surface area contributed by atoms with Crippen molar-refractivity contribution in [3.8, 4) is 16.9 Å². The van der Waals surface area contributed by atoms with Gasteiger partial charge in [-0.25, -0.2) is 4.79 Å². The Balaban J connectivity index is 1.28. The molecule has 0 saturated carbocycles. The summed E-state index contributed by atoms with van der Waals surface area (Å²) < 4.78 is 5.79. The van der Waals surface area contributed by atoms with Gasteiger partial charge in [0.15, 0.2) is 5.75 Å². The average Bonchev–Trinajstić information content (AvgIpc) is 3.51. The molecule has 1 aliphatic heterocycles. The van der Waals surface area contributed by atoms with Crippen LogP contribution >= 0.6 is 0 Å². The lowest BCUT2D eigenvalue weighted by Crippen LogP contribution is -2.41. The van der Waals surface area contributed by atoms with E-state index < -0.39 is 23.0 Å². The minimum atomic E-state index is -0.636. The number of nitrogens with one attached hydrogen (secondary N) is 3. The fraction of sp³-hybridized carbons (Fsp3) is 0.333. The van der Waals surface area contributed by atoms with Gasteiger partial charge in [0.05, 0.1) is 30.3 Å². The van der Waals surface area contributed by atoms with E-state index >= 15 is 0 Å². The molecule has 4 aromatic carbocycles. The van der Waals surface area contributed by atoms with Gasteiger partial charge < -0.3 is 35.6 Å². The maximum atomic E-state index is 13.7. The molecule has 2 amide bonds. The Labute approximate surface area is 291 Å². The topological polar surface area (TPSA) is 136 Å². The highest BCUT2D eigenvalue weighted by atomic mass is 16.5. The number of likely N-dealkylation sites (N-methyl/N-ethyl adjacent to an activating group) is 1. The second kappa shape index (κ2) is 13.9. The number of rotatable bonds is 10. The molecule has 6 rings (SSSR count). The molecule has 0 radical (unpaired) electrons. The Morgan fingerprint density at radius 2 is 1.70 bits per heavy atom. The molecule has 4 N–H and O–H groups in total. The largest absolute Gasteiger partial charge is 0.492 e. The number of anilines is 5. The third-order valence-corrected chi connectivity index (χ3v) is 9.15. The summed E-state index contributed by atoms with van der Waals surface area (Å²) in [5, 5.41) is 21.0. The first-order valence-electron chi connectivity index (χ1n) is 16.8. The monoisotopic (exact) mass is 676 g/mol. The van der Waals surface area contributed by atoms with E-state index in [0.29, 0.717) is 35.8 Å². The summed E-state index contributed by atoms with van der Waals surface area (Å²) >= 11 is 0. The SMILES string of the molecule is COc1c(NC(=O)Nc2ccc(-c3ccc(CCN(C)C)nc3)c3ccccc23)cc(C(C)(C)C)cc1Nc1c(N2CCC(O)C2)c(=O)c1=O. The number of aliphatic hydroxyl groups is 1. The molecule has 1 saturated heterocycles. The second-order valence-corrected chi connectivity index (χ2v) is 14.1. The maximum Gasteiger partial charge on any atom is 0.323 e. The van der Waals surface area contributed by atoms with Gasteiger partial charge in [-0.1, -0.05) is 57.2 Å². The third-order valence-electron chi connectivity index (χ3n) is 9.15. The molecule has 0 spiro atoms. The Morgan fingerprint density at radius 3 is 2.34 bits per heavy atom. The van der Waals surface area contributed by atoms with Crippen molar-refractivity contribution in [3.05, 3.63) is 98.6 Å². The number of carbonyl (C=O) groups excluding carboxylic acids is 1. The molecular weight excluding hydrogens is 632 g/mol. The molecule has 260 valence electrons. The molecule has 2 heterocycles. The van der Waals surface area contributed by atoms with Gasteiger partial charge >= 0.3 is 6.03 Å². The number of carbonyl (C=O) groups is 1. The molecule has 1 fully saturated rings. The van der Waals surface area contributed by atoms with Gasteiger partial charge in [-0.3, -0.25) is 14.6 Å². The Hall–Kier alpha value is -5.26. The average molecular weight is 677 g/mol. The van der Waals surface area contributed by atoms with Crippen LogP contribution in [0.5, 0.6) is 5.75 Å². The lowest BCUT2D eigenvalue weighted by molar-refractivity contribution is 0.198. The zero-order chi connectivity index (χ0) is 35.7. The highest BCUT2D eigenvalue weighted by molar-refractivity contribution is 6.10. The van der Waals surface area contributed by atoms with Crippen molar-refractivity contribution in [2.75, 3.05) is 61.7 Å². The number of aromatic nitrogens is 1. The van der Waals surface area contributed by atoms with Crippen LogP contribution in [-0.4, -0.2) is 68.0 Å². The molecular formula is C39H44N6O5. The summed E-state index contributed by atoms with van der Waals surface area (Å²) in [5.74, 6) is 0.301. The van der Waals surface area contributed by atoms with Crippen LogP contribution in [0.25, 0.3) is 21.9 Å². The first kappa shape index (κ1) is 34.6. The lowest BCUT2D eigenvalue weighted by atomic mass is 9.86. The zero-order valence-electron chi connectivity index (χ0n) is 29.4. The molecule has 11 nitrogen and oxygen atoms in total. The summed E-state index contributed by atoms with van der Waals surface area (Å²) in [6.45, 7) is 7.79. The van der Waals surface area contributed by atoms with E-state index in [2.05, 4.69) is 38.0 Å². The Bertz CT molecular complexity index is 2110. The van der Waals surface area contributed by atoms with E-state index in [1.165, 1.54) is 7.11 Å². The van der Waals surface area contributed by atoms with E-state index in [1.807, 2.05) is 89.6 Å². The molecule has 1 aliphatic rings. The van der Waals surface area contributed by atoms with Crippen LogP contribution in [0.15, 0.2) is 76.4 Å². The normalized spacial score (nSPS) is 14.8. The molecule has 0 aliphatic carbocycles. The zero-order valence-corrected chi connectivity index (χ0v) is 29.4. The van der Waals surface area contributed by atoms with Gasteiger partial charge in [-0.15, -0.1) is 0 Å². The predicted molar refractivity (Wildman–Crippen MR) is 201 cm³/mol. The molecule has 50 heavy (non-hydrogen) atoms. The van der Waals surface area contributed by atoms with Crippen molar-refractivity contribution in [1.82, 2.24) is 9.88 Å². The molecule has 1 unspecified atom stereocenters. The second-order valence-electron chi connectivity index (χ2n) is 14.1. The quantitative estimate of drug-likeness (QED) is 0.134. The van der Waals surface area contributed by atoms with Crippen molar-refractivity contribution in [2.24, 2.45) is 0 Å². The number of methoxy groups -OCH3 is 1. The van der Waals surface area contributed by atoms with Crippen LogP contribution in [0.2, 0.25) is 0 Å². The molecule has 1 atom stereocenters. The van der Waals surface area contributed by atoms with E-state index in [0.717, 1.165) is 46.1 Å². The van der Waals surface area contributed by atoms with Crippen LogP contribution in [0, 0.1) is 0 Å². The van der Waals surface area contributed by atoms with Crippen LogP contribution < -0.4 is 36.4 Å². The lowest BCUT2D eigenvalue weighted by Gasteiger charge is -2.26. The fourth-order valence-electron chi connectivity index (χ4n) is 6.35. The smallest absolute Gasteiger partial charge is 0.323 e. The van der Waals surface area contributed by atoms with Crippen molar-refractivity contribution < 1.29 is 14.6 Å². The van der Waals surface area contributed by atoms with Crippen LogP contribution in [0.3, 0.4) is 0 Å². The highest BCUT2D eigenvalue weighted by Gasteiger charge is 2.32. The molecule has 1 aromatic heterocycles. The number of pyridine rings is 1. The van der Waals surface area contributed by atoms with Gasteiger partial charge in [0.1, 0.15) is 11.4 Å². The van der Waals surface area contributed by atoms with Crippen molar-refractivity contribution in [1.29, 1.82) is 0 Å². The van der Waals surface area contributed by atoms with Gasteiger partial charge in [0.25, 0.3) is 10.9 Å². The van der Waals surface area contributed by atoms with E-state index in [-0.39, 0.29) is 23.3 Å². The third kappa shape index (κ3) is 7.05. The molecule has 11 heteroatoms. The number of ether oxygens (including phenoxy) is 1. The number of hydrogen-bond donors (Lipinski definition) is 4. The van der Waals surface area contributed by atoms with Gasteiger partial charge in [0, 0.05) is 48.9 Å². The standard InChI is InChI=1S/C39H44N6O5/c1-39(2,3)24-19-31(41-33-34(36(48)35(33)47)45-18-16-26(46)22-45)37(50-6)32(20-24)43-38(49)42-30-14-13-27(28-9-7-8-10-29(28)30)23-11-12-25(40-21-23)15-17-44(4)5/h7-14,19-21,26,41,46H,15-18,22H2,1-6H3,(H2,42,43,49). The highest BCUT2D eigenvalue weighted by Crippen LogP contribution is 2.41. The number of benzene rings is 3. The van der Waals surface area contributed by atoms with E-state index in [4.69, 9.17) is 4.74 Å². The van der Waals surface area contributed by atoms with Gasteiger partial charge in [-0.2, -0.15) is 0 Å². The fourth-order valence-corrected chi connectivity index (χ4v) is 6.35. The number of β-amino-alcohol motifs (C(OH)–C–C–N with tert-alkyl or cyclic N) is 1. The van der Waals surface area contributed by atoms with Gasteiger partial charge in [0.2, 0.25) is 0 Å². The summed E-state index contributed by atoms with van der Waals surface area (Å²) in [7, 11) is 5.57. The number of nitrogens with zero attached hydrogens (tertiary/aromatic N) is 3. The number of hydrogen-bond acceptors (Lipinski definition) is 9. The van der Waals surface area contributed by atoms with Crippen LogP contribution in [-0.2, 0) is 11.8 Å². The van der Waals surface area contributed by atoms with E-state index in [9.17, 15) is 19.5 Å². The van der Waals surface area contributed by atoms with Crippen molar-refractivity contribution in [3.63, 3.8) is 0 Å². The maximum absolute atomic E-state index is 13.7. The van der Waals surface area contributed by atoms with Crippen LogP contribution in [0.1, 0.15) is 38.4 Å². The summed E-state index contributed by atoms with van der Waals surface area (Å²) in [6.07, 6.45) is 2.72. The van der Waals surface area contributed by atoms with Crippen molar-refractivity contribution in [2.45, 2.75) is 45.1 Å². The van der Waals surface area contributed by atoms with Crippen LogP contribution in [0.4, 0.5) is 33.2 Å². The predicted octanol–water partition coefficient (Wildman–Crippen LogP) is 5.87. The summed E-state index contributed by atoms with van der Waals surface area (Å²) in [5.41, 5.74) is 4.18. The molecule has 0 bridgehead atoms. The first-order valence-corrected chi connectivity index (χ1v) is 16.8. The number of fused-ring (bicyclic) bond motifs is 1. The minimum Gasteiger partial charge on any atom is -0.492 e. The summed E-state index contributed by atoms with van der Waals surface area (Å²) in [6, 6.07) is 19.1.